The maximum absolute atomic E-state index is 12.6. The molecular weight excluding hydrogens is 528 g/mol. The summed E-state index contributed by atoms with van der Waals surface area (Å²) in [5, 5.41) is 53.2. The van der Waals surface area contributed by atoms with Crippen LogP contribution in [0.3, 0.4) is 0 Å². The predicted octanol–water partition coefficient (Wildman–Crippen LogP) is 2.88. The number of aliphatic imine (C=N–C) groups is 1. The van der Waals surface area contributed by atoms with Crippen LogP contribution in [0.15, 0.2) is 47.5 Å². The number of guanidine groups is 1. The van der Waals surface area contributed by atoms with Gasteiger partial charge >= 0.3 is 0 Å². The molecule has 9 atom stereocenters. The standard InChI is InChI=1S/C34H46N4O4/c1-21(16-25-17-22-8-4-5-10-28(22)37-25)33-13-6-9-24(38-31(35-3)36-14-7-15-39)20-34(42)29(40)18-27-30(34)26(33)12-11-23(19-33)32(27,2)41/h4-5,8,10,17,23-24,26-27,29-30,37,39-42H,1,7,11-16,18-20H2,2-3H3,(H2,35,36,38)/t23-,24+,26-,27+,29+,30+,32-,33-,34+/m1/s1. The normalized spacial score (nSPS) is 39.0. The van der Waals surface area contributed by atoms with Gasteiger partial charge in [-0.2, -0.15) is 0 Å². The average Bonchev–Trinajstić information content (AvgIpc) is 3.45. The van der Waals surface area contributed by atoms with Gasteiger partial charge in [0.25, 0.3) is 0 Å². The van der Waals surface area contributed by atoms with E-state index in [1.165, 1.54) is 5.39 Å². The minimum Gasteiger partial charge on any atom is -0.396 e. The lowest BCUT2D eigenvalue weighted by Gasteiger charge is -2.51. The molecule has 0 saturated heterocycles. The first-order valence-electron chi connectivity index (χ1n) is 15.6. The highest BCUT2D eigenvalue weighted by atomic mass is 16.3. The fourth-order valence-corrected chi connectivity index (χ4v) is 9.15. The molecule has 4 saturated carbocycles. The molecule has 1 heterocycles. The maximum Gasteiger partial charge on any atom is 0.191 e. The second-order valence-corrected chi connectivity index (χ2v) is 13.5. The molecule has 8 heteroatoms. The number of nitrogens with zero attached hydrogens (tertiary/aromatic N) is 1. The third-order valence-electron chi connectivity index (χ3n) is 11.3. The first-order chi connectivity index (χ1) is 20.1. The number of aromatic nitrogens is 1. The number of para-hydroxylation sites is 1. The number of hydrogen-bond acceptors (Lipinski definition) is 5. The monoisotopic (exact) mass is 574 g/mol. The van der Waals surface area contributed by atoms with E-state index >= 15 is 0 Å². The number of aliphatic hydroxyl groups excluding tert-OH is 2. The highest BCUT2D eigenvalue weighted by molar-refractivity contribution is 5.81. The number of allylic oxidation sites excluding steroid dienone is 1. The van der Waals surface area contributed by atoms with E-state index in [1.807, 2.05) is 19.1 Å². The zero-order chi connectivity index (χ0) is 29.7. The molecule has 1 aromatic heterocycles. The van der Waals surface area contributed by atoms with Crippen LogP contribution in [-0.4, -0.2) is 74.9 Å². The number of benzene rings is 1. The first kappa shape index (κ1) is 29.3. The molecule has 226 valence electrons. The van der Waals surface area contributed by atoms with E-state index in [-0.39, 0.29) is 36.7 Å². The van der Waals surface area contributed by atoms with Crippen molar-refractivity contribution in [2.24, 2.45) is 34.1 Å². The summed E-state index contributed by atoms with van der Waals surface area (Å²) in [4.78, 5) is 7.90. The van der Waals surface area contributed by atoms with Crippen molar-refractivity contribution >= 4 is 16.9 Å². The Morgan fingerprint density at radius 1 is 1.19 bits per heavy atom. The zero-order valence-corrected chi connectivity index (χ0v) is 24.9. The van der Waals surface area contributed by atoms with Crippen LogP contribution >= 0.6 is 0 Å². The van der Waals surface area contributed by atoms with Gasteiger partial charge in [-0.25, -0.2) is 0 Å². The SMILES string of the molecule is C=C(Cc1cc2ccccc2[nH]1)[C@]12CC#C[C@H](NC(=NC)NCCCO)C[C@@]3(O)[C@H]4[C@H]1CC[C@H](C2)[C@@](C)(O)[C@H]4C[C@@H]3O. The van der Waals surface area contributed by atoms with Crippen LogP contribution in [-0.2, 0) is 6.42 Å². The van der Waals surface area contributed by atoms with Gasteiger partial charge in [0.05, 0.1) is 23.3 Å². The van der Waals surface area contributed by atoms with E-state index in [9.17, 15) is 20.4 Å². The highest BCUT2D eigenvalue weighted by Crippen LogP contribution is 2.67. The molecule has 7 rings (SSSR count). The minimum atomic E-state index is -1.42. The summed E-state index contributed by atoms with van der Waals surface area (Å²) < 4.78 is 0. The molecule has 1 aromatic carbocycles. The predicted molar refractivity (Wildman–Crippen MR) is 165 cm³/mol. The number of fused-ring (bicyclic) bond motifs is 2. The summed E-state index contributed by atoms with van der Waals surface area (Å²) in [5.41, 5.74) is 0.458. The highest BCUT2D eigenvalue weighted by Gasteiger charge is 2.69. The average molecular weight is 575 g/mol. The topological polar surface area (TPSA) is 133 Å². The lowest BCUT2D eigenvalue weighted by molar-refractivity contribution is -0.122. The first-order valence-corrected chi connectivity index (χ1v) is 15.6. The molecule has 42 heavy (non-hydrogen) atoms. The molecule has 0 spiro atoms. The van der Waals surface area contributed by atoms with E-state index in [0.29, 0.717) is 38.2 Å². The van der Waals surface area contributed by atoms with E-state index in [2.05, 4.69) is 50.6 Å². The van der Waals surface area contributed by atoms with Crippen LogP contribution in [0.25, 0.3) is 10.9 Å². The quantitative estimate of drug-likeness (QED) is 0.0895. The van der Waals surface area contributed by atoms with Crippen LogP contribution < -0.4 is 10.6 Å². The second-order valence-electron chi connectivity index (χ2n) is 13.5. The van der Waals surface area contributed by atoms with Crippen LogP contribution in [0.2, 0.25) is 0 Å². The van der Waals surface area contributed by atoms with Crippen molar-refractivity contribution in [3.05, 3.63) is 48.2 Å². The molecule has 0 aliphatic heterocycles. The molecule has 4 fully saturated rings. The summed E-state index contributed by atoms with van der Waals surface area (Å²) >= 11 is 0. The smallest absolute Gasteiger partial charge is 0.191 e. The van der Waals surface area contributed by atoms with E-state index < -0.39 is 28.8 Å². The van der Waals surface area contributed by atoms with Crippen LogP contribution in [0, 0.1) is 40.9 Å². The Hall–Kier alpha value is -2.83. The molecule has 0 amide bonds. The molecule has 0 unspecified atom stereocenters. The lowest BCUT2D eigenvalue weighted by Crippen LogP contribution is -2.55. The Bertz CT molecular complexity index is 1390. The summed E-state index contributed by atoms with van der Waals surface area (Å²) in [5.74, 6) is 7.03. The Morgan fingerprint density at radius 2 is 2.00 bits per heavy atom. The third-order valence-corrected chi connectivity index (χ3v) is 11.3. The number of aliphatic hydroxyl groups is 4. The lowest BCUT2D eigenvalue weighted by atomic mass is 9.54. The molecule has 2 aromatic rings. The van der Waals surface area contributed by atoms with Crippen molar-refractivity contribution in [2.75, 3.05) is 20.2 Å². The number of rotatable bonds is 7. The summed E-state index contributed by atoms with van der Waals surface area (Å²) in [6.07, 6.45) is 4.02. The van der Waals surface area contributed by atoms with Gasteiger partial charge in [0.15, 0.2) is 5.96 Å². The Balaban J connectivity index is 1.40. The van der Waals surface area contributed by atoms with Crippen molar-refractivity contribution in [3.63, 3.8) is 0 Å². The van der Waals surface area contributed by atoms with Crippen LogP contribution in [0.4, 0.5) is 0 Å². The number of hydrogen-bond donors (Lipinski definition) is 7. The third kappa shape index (κ3) is 4.75. The molecule has 4 bridgehead atoms. The van der Waals surface area contributed by atoms with E-state index in [1.54, 1.807) is 7.05 Å². The molecule has 0 radical (unpaired) electrons. The molecule has 5 aliphatic carbocycles. The van der Waals surface area contributed by atoms with E-state index in [4.69, 9.17) is 6.58 Å². The van der Waals surface area contributed by atoms with Gasteiger partial charge < -0.3 is 36.0 Å². The Kier molecular flexibility index (Phi) is 7.68. The summed E-state index contributed by atoms with van der Waals surface area (Å²) in [6, 6.07) is 10.0. The Morgan fingerprint density at radius 3 is 2.76 bits per heavy atom. The van der Waals surface area contributed by atoms with Crippen LogP contribution in [0.5, 0.6) is 0 Å². The fraction of sp³-hybridized carbons (Fsp3) is 0.618. The molecule has 7 N–H and O–H groups in total. The van der Waals surface area contributed by atoms with Crippen molar-refractivity contribution in [1.82, 2.24) is 15.6 Å². The molecule has 8 nitrogen and oxygen atoms in total. The largest absolute Gasteiger partial charge is 0.396 e. The molecule has 5 aliphatic rings. The maximum atomic E-state index is 12.6. The fourth-order valence-electron chi connectivity index (χ4n) is 9.15. The van der Waals surface area contributed by atoms with Gasteiger partial charge in [-0.15, -0.1) is 5.92 Å². The zero-order valence-electron chi connectivity index (χ0n) is 24.9. The number of nitrogens with one attached hydrogen (secondary N) is 3. The van der Waals surface area contributed by atoms with Gasteiger partial charge in [-0.1, -0.05) is 36.3 Å². The van der Waals surface area contributed by atoms with Crippen LogP contribution in [0.1, 0.15) is 57.6 Å². The second kappa shape index (κ2) is 11.0. The molecular formula is C34H46N4O4. The van der Waals surface area contributed by atoms with Gasteiger partial charge in [-0.05, 0) is 80.2 Å². The van der Waals surface area contributed by atoms with Gasteiger partial charge in [0.2, 0.25) is 0 Å². The van der Waals surface area contributed by atoms with Crippen molar-refractivity contribution < 1.29 is 20.4 Å². The summed E-state index contributed by atoms with van der Waals surface area (Å²) in [6.45, 7) is 7.29. The van der Waals surface area contributed by atoms with Gasteiger partial charge in [0, 0.05) is 56.1 Å². The summed E-state index contributed by atoms with van der Waals surface area (Å²) in [7, 11) is 1.68. The van der Waals surface area contributed by atoms with E-state index in [0.717, 1.165) is 36.0 Å². The van der Waals surface area contributed by atoms with Gasteiger partial charge in [0.1, 0.15) is 0 Å². The minimum absolute atomic E-state index is 0.0433. The van der Waals surface area contributed by atoms with Crippen molar-refractivity contribution in [2.45, 2.75) is 81.6 Å². The Labute approximate surface area is 248 Å². The van der Waals surface area contributed by atoms with Crippen molar-refractivity contribution in [3.8, 4) is 11.8 Å². The van der Waals surface area contributed by atoms with Gasteiger partial charge in [-0.3, -0.25) is 4.99 Å². The number of H-pyrrole nitrogens is 1. The van der Waals surface area contributed by atoms with Crippen molar-refractivity contribution in [1.29, 1.82) is 0 Å². The number of aromatic amines is 1.